The summed E-state index contributed by atoms with van der Waals surface area (Å²) in [6.45, 7) is 4.92. The molecule has 0 N–H and O–H groups in total. The van der Waals surface area contributed by atoms with Gasteiger partial charge in [-0.05, 0) is 40.0 Å². The van der Waals surface area contributed by atoms with Gasteiger partial charge in [-0.15, -0.1) is 0 Å². The molecule has 170 valence electrons. The van der Waals surface area contributed by atoms with E-state index in [0.29, 0.717) is 25.3 Å². The zero-order chi connectivity index (χ0) is 23.1. The summed E-state index contributed by atoms with van der Waals surface area (Å²) in [6.07, 6.45) is -2.59. The van der Waals surface area contributed by atoms with Crippen LogP contribution < -0.4 is 9.80 Å². The molecule has 1 aliphatic rings. The molecule has 6 nitrogen and oxygen atoms in total. The average Bonchev–Trinajstić information content (AvgIpc) is 2.66. The number of hydrogen-bond acceptors (Lipinski definition) is 6. The lowest BCUT2D eigenvalue weighted by Crippen LogP contribution is -2.56. The van der Waals surface area contributed by atoms with Gasteiger partial charge in [0.2, 0.25) is 5.95 Å². The minimum Gasteiger partial charge on any atom is -0.368 e. The molecule has 1 fully saturated rings. The lowest BCUT2D eigenvalue weighted by atomic mass is 9.99. The molecule has 31 heavy (non-hydrogen) atoms. The molecule has 0 saturated carbocycles. The summed E-state index contributed by atoms with van der Waals surface area (Å²) in [5.41, 5.74) is -0.515. The Morgan fingerprint density at radius 1 is 1.23 bits per heavy atom. The normalized spacial score (nSPS) is 18.0. The number of sulfone groups is 1. The summed E-state index contributed by atoms with van der Waals surface area (Å²) in [5, 5.41) is 0. The van der Waals surface area contributed by atoms with E-state index in [1.807, 2.05) is 18.7 Å². The standard InChI is InChI=1S/C19H21BrF4N4O2S/c1-11(2)15-10-27(12-4-5-14(21)16(8-12)31(3,29)30)6-7-28(15)18-25-9-13(20)17(26-18)19(22,23)24/h4-5,8-9,11,15H,6-7,10H2,1-3H3. The maximum Gasteiger partial charge on any atom is 0.434 e. The number of benzene rings is 1. The molecule has 0 bridgehead atoms. The summed E-state index contributed by atoms with van der Waals surface area (Å²) in [4.78, 5) is 11.1. The summed E-state index contributed by atoms with van der Waals surface area (Å²) < 4.78 is 77.3. The van der Waals surface area contributed by atoms with Gasteiger partial charge < -0.3 is 9.80 Å². The van der Waals surface area contributed by atoms with E-state index in [1.54, 1.807) is 4.90 Å². The first-order valence-corrected chi connectivity index (χ1v) is 12.1. The van der Waals surface area contributed by atoms with Crippen LogP contribution in [-0.4, -0.2) is 50.3 Å². The number of piperazine rings is 1. The van der Waals surface area contributed by atoms with Crippen LogP contribution in [0.3, 0.4) is 0 Å². The van der Waals surface area contributed by atoms with Crippen molar-refractivity contribution in [1.82, 2.24) is 9.97 Å². The van der Waals surface area contributed by atoms with E-state index in [1.165, 1.54) is 12.1 Å². The van der Waals surface area contributed by atoms with Gasteiger partial charge in [-0.1, -0.05) is 13.8 Å². The van der Waals surface area contributed by atoms with E-state index in [4.69, 9.17) is 0 Å². The second kappa shape index (κ2) is 8.53. The third-order valence-electron chi connectivity index (χ3n) is 5.12. The second-order valence-electron chi connectivity index (χ2n) is 7.70. The number of alkyl halides is 3. The topological polar surface area (TPSA) is 66.4 Å². The van der Waals surface area contributed by atoms with Gasteiger partial charge in [0.15, 0.2) is 15.5 Å². The average molecular weight is 525 g/mol. The molecule has 0 amide bonds. The van der Waals surface area contributed by atoms with E-state index >= 15 is 0 Å². The van der Waals surface area contributed by atoms with Crippen molar-refractivity contribution in [2.75, 3.05) is 35.7 Å². The molecule has 0 aliphatic carbocycles. The number of hydrogen-bond donors (Lipinski definition) is 0. The van der Waals surface area contributed by atoms with Crippen LogP contribution in [0.1, 0.15) is 19.5 Å². The maximum atomic E-state index is 14.0. The number of nitrogens with zero attached hydrogens (tertiary/aromatic N) is 4. The van der Waals surface area contributed by atoms with Gasteiger partial charge in [0, 0.05) is 37.8 Å². The van der Waals surface area contributed by atoms with Gasteiger partial charge in [0.25, 0.3) is 0 Å². The van der Waals surface area contributed by atoms with E-state index in [0.717, 1.165) is 18.5 Å². The van der Waals surface area contributed by atoms with Crippen LogP contribution in [-0.2, 0) is 16.0 Å². The Morgan fingerprint density at radius 2 is 1.90 bits per heavy atom. The molecular formula is C19H21BrF4N4O2S. The van der Waals surface area contributed by atoms with Crippen LogP contribution in [0, 0.1) is 11.7 Å². The highest BCUT2D eigenvalue weighted by Crippen LogP contribution is 2.35. The molecule has 12 heteroatoms. The largest absolute Gasteiger partial charge is 0.434 e. The second-order valence-corrected chi connectivity index (χ2v) is 10.5. The quantitative estimate of drug-likeness (QED) is 0.559. The molecule has 2 heterocycles. The summed E-state index contributed by atoms with van der Waals surface area (Å²) in [6, 6.07) is 3.64. The van der Waals surface area contributed by atoms with Gasteiger partial charge >= 0.3 is 6.18 Å². The molecule has 1 aromatic carbocycles. The highest BCUT2D eigenvalue weighted by molar-refractivity contribution is 9.10. The van der Waals surface area contributed by atoms with Crippen LogP contribution in [0.25, 0.3) is 0 Å². The van der Waals surface area contributed by atoms with Crippen LogP contribution >= 0.6 is 15.9 Å². The van der Waals surface area contributed by atoms with Crippen LogP contribution in [0.15, 0.2) is 33.8 Å². The van der Waals surface area contributed by atoms with E-state index in [-0.39, 0.29) is 27.3 Å². The van der Waals surface area contributed by atoms with Crippen molar-refractivity contribution in [2.24, 2.45) is 5.92 Å². The Balaban J connectivity index is 1.93. The predicted molar refractivity (Wildman–Crippen MR) is 112 cm³/mol. The summed E-state index contributed by atoms with van der Waals surface area (Å²) >= 11 is 2.85. The molecule has 0 spiro atoms. The van der Waals surface area contributed by atoms with Crippen molar-refractivity contribution < 1.29 is 26.0 Å². The maximum absolute atomic E-state index is 14.0. The minimum absolute atomic E-state index is 0.0233. The molecule has 3 rings (SSSR count). The molecule has 1 unspecified atom stereocenters. The fraction of sp³-hybridized carbons (Fsp3) is 0.474. The van der Waals surface area contributed by atoms with Gasteiger partial charge in [-0.3, -0.25) is 0 Å². The van der Waals surface area contributed by atoms with Crippen molar-refractivity contribution >= 4 is 37.4 Å². The van der Waals surface area contributed by atoms with Crippen LogP contribution in [0.4, 0.5) is 29.2 Å². The number of halogens is 5. The van der Waals surface area contributed by atoms with E-state index < -0.39 is 27.5 Å². The Kier molecular flexibility index (Phi) is 6.52. The minimum atomic E-state index is -4.62. The lowest BCUT2D eigenvalue weighted by Gasteiger charge is -2.44. The third-order valence-corrected chi connectivity index (χ3v) is 6.82. The Morgan fingerprint density at radius 3 is 2.48 bits per heavy atom. The smallest absolute Gasteiger partial charge is 0.368 e. The monoisotopic (exact) mass is 524 g/mol. The molecule has 1 atom stereocenters. The highest BCUT2D eigenvalue weighted by Gasteiger charge is 2.38. The van der Waals surface area contributed by atoms with Crippen molar-refractivity contribution in [3.8, 4) is 0 Å². The summed E-state index contributed by atoms with van der Waals surface area (Å²) in [7, 11) is -3.74. The van der Waals surface area contributed by atoms with Gasteiger partial charge in [-0.2, -0.15) is 13.2 Å². The Hall–Kier alpha value is -1.95. The predicted octanol–water partition coefficient (Wildman–Crippen LogP) is 4.15. The molecule has 1 aliphatic heterocycles. The van der Waals surface area contributed by atoms with Gasteiger partial charge in [0.05, 0.1) is 10.5 Å². The zero-order valence-electron chi connectivity index (χ0n) is 17.0. The number of aromatic nitrogens is 2. The first-order chi connectivity index (χ1) is 14.3. The number of rotatable bonds is 4. The fourth-order valence-corrected chi connectivity index (χ4v) is 4.70. The van der Waals surface area contributed by atoms with Crippen LogP contribution in [0.5, 0.6) is 0 Å². The number of anilines is 2. The molecular weight excluding hydrogens is 504 g/mol. The van der Waals surface area contributed by atoms with E-state index in [9.17, 15) is 26.0 Å². The molecule has 1 saturated heterocycles. The SMILES string of the molecule is CC(C)C1CN(c2ccc(F)c(S(C)(=O)=O)c2)CCN1c1ncc(Br)c(C(F)(F)F)n1. The lowest BCUT2D eigenvalue weighted by molar-refractivity contribution is -0.141. The Bertz CT molecular complexity index is 1080. The molecule has 2 aromatic rings. The first-order valence-electron chi connectivity index (χ1n) is 9.40. The molecule has 0 radical (unpaired) electrons. The summed E-state index contributed by atoms with van der Waals surface area (Å²) in [5.74, 6) is -0.822. The van der Waals surface area contributed by atoms with Crippen molar-refractivity contribution in [2.45, 2.75) is 31.0 Å². The third kappa shape index (κ3) is 5.11. The van der Waals surface area contributed by atoms with Gasteiger partial charge in [0.1, 0.15) is 10.7 Å². The van der Waals surface area contributed by atoms with Crippen molar-refractivity contribution in [1.29, 1.82) is 0 Å². The van der Waals surface area contributed by atoms with E-state index in [2.05, 4.69) is 25.9 Å². The highest BCUT2D eigenvalue weighted by atomic mass is 79.9. The van der Waals surface area contributed by atoms with Crippen molar-refractivity contribution in [3.63, 3.8) is 0 Å². The van der Waals surface area contributed by atoms with Gasteiger partial charge in [-0.25, -0.2) is 22.8 Å². The fourth-order valence-electron chi connectivity index (χ4n) is 3.53. The van der Waals surface area contributed by atoms with Crippen LogP contribution in [0.2, 0.25) is 0 Å². The first kappa shape index (κ1) is 23.7. The van der Waals surface area contributed by atoms with Crippen molar-refractivity contribution in [3.05, 3.63) is 40.4 Å². The molecule has 1 aromatic heterocycles. The zero-order valence-corrected chi connectivity index (χ0v) is 19.4. The Labute approximate surface area is 186 Å².